The molecule has 3 aliphatic carbocycles. The van der Waals surface area contributed by atoms with Gasteiger partial charge in [0.2, 0.25) is 0 Å². The van der Waals surface area contributed by atoms with Crippen LogP contribution in [0.4, 0.5) is 0 Å². The molecule has 6 unspecified atom stereocenters. The summed E-state index contributed by atoms with van der Waals surface area (Å²) >= 11 is 0. The Labute approximate surface area is 82.1 Å². The van der Waals surface area contributed by atoms with Crippen molar-refractivity contribution in [1.29, 1.82) is 0 Å². The highest BCUT2D eigenvalue weighted by molar-refractivity contribution is 5.05. The molecule has 0 spiro atoms. The molecule has 0 heteroatoms. The number of hydrogen-bond acceptors (Lipinski definition) is 0. The molecule has 0 aromatic rings. The minimum atomic E-state index is 1.04. The van der Waals surface area contributed by atoms with Gasteiger partial charge in [0.05, 0.1) is 0 Å². The first-order chi connectivity index (χ1) is 6.18. The van der Waals surface area contributed by atoms with E-state index in [1.165, 1.54) is 0 Å². The third-order valence-corrected chi connectivity index (χ3v) is 5.72. The standard InChI is InChI=1S/C13H22/c1-7-4-12-10-6-11(13(12)5-7)9(3)8(10)2/h7-13H,4-6H2,1-3H3. The molecule has 0 aromatic carbocycles. The van der Waals surface area contributed by atoms with Crippen molar-refractivity contribution in [3.05, 3.63) is 0 Å². The lowest BCUT2D eigenvalue weighted by Crippen LogP contribution is -2.28. The van der Waals surface area contributed by atoms with Crippen molar-refractivity contribution in [2.45, 2.75) is 40.0 Å². The Kier molecular flexibility index (Phi) is 1.61. The molecule has 0 aliphatic heterocycles. The summed E-state index contributed by atoms with van der Waals surface area (Å²) in [4.78, 5) is 0. The maximum Gasteiger partial charge on any atom is -0.0349 e. The molecular weight excluding hydrogens is 156 g/mol. The summed E-state index contributed by atoms with van der Waals surface area (Å²) in [6.07, 6.45) is 4.70. The fourth-order valence-corrected chi connectivity index (χ4v) is 5.01. The van der Waals surface area contributed by atoms with Crippen LogP contribution in [0.1, 0.15) is 40.0 Å². The van der Waals surface area contributed by atoms with Gasteiger partial charge in [0.25, 0.3) is 0 Å². The average Bonchev–Trinajstić information content (AvgIpc) is 2.64. The molecule has 3 fully saturated rings. The lowest BCUT2D eigenvalue weighted by Gasteiger charge is -2.34. The smallest absolute Gasteiger partial charge is 0.0349 e. The van der Waals surface area contributed by atoms with E-state index >= 15 is 0 Å². The van der Waals surface area contributed by atoms with Crippen molar-refractivity contribution in [2.24, 2.45) is 41.4 Å². The van der Waals surface area contributed by atoms with E-state index in [0.717, 1.165) is 41.4 Å². The van der Waals surface area contributed by atoms with Crippen LogP contribution in [0.5, 0.6) is 0 Å². The molecule has 0 aromatic heterocycles. The van der Waals surface area contributed by atoms with Crippen LogP contribution in [0, 0.1) is 41.4 Å². The molecule has 3 rings (SSSR count). The highest BCUT2D eigenvalue weighted by Crippen LogP contribution is 2.63. The molecule has 3 aliphatic rings. The van der Waals surface area contributed by atoms with Gasteiger partial charge in [0.1, 0.15) is 0 Å². The highest BCUT2D eigenvalue weighted by Gasteiger charge is 2.56. The molecule has 0 radical (unpaired) electrons. The fraction of sp³-hybridized carbons (Fsp3) is 1.00. The molecule has 0 N–H and O–H groups in total. The van der Waals surface area contributed by atoms with Crippen LogP contribution in [0.25, 0.3) is 0 Å². The van der Waals surface area contributed by atoms with Gasteiger partial charge in [0.15, 0.2) is 0 Å². The average molecular weight is 178 g/mol. The molecule has 2 bridgehead atoms. The van der Waals surface area contributed by atoms with Gasteiger partial charge < -0.3 is 0 Å². The molecular formula is C13H22. The van der Waals surface area contributed by atoms with E-state index in [2.05, 4.69) is 20.8 Å². The Bertz CT molecular complexity index is 194. The lowest BCUT2D eigenvalue weighted by atomic mass is 9.71. The van der Waals surface area contributed by atoms with Gasteiger partial charge in [-0.2, -0.15) is 0 Å². The van der Waals surface area contributed by atoms with Gasteiger partial charge in [-0.05, 0) is 60.7 Å². The summed E-state index contributed by atoms with van der Waals surface area (Å²) in [6.45, 7) is 7.48. The lowest BCUT2D eigenvalue weighted by molar-refractivity contribution is 0.140. The normalized spacial score (nSPS) is 64.4. The topological polar surface area (TPSA) is 0 Å². The summed E-state index contributed by atoms with van der Waals surface area (Å²) in [5, 5.41) is 0. The summed E-state index contributed by atoms with van der Waals surface area (Å²) in [5.74, 6) is 7.65. The SMILES string of the molecule is CC1CC2C3CC(C(C)C3C)C2C1. The van der Waals surface area contributed by atoms with Gasteiger partial charge in [0, 0.05) is 0 Å². The quantitative estimate of drug-likeness (QED) is 0.532. The van der Waals surface area contributed by atoms with E-state index in [-0.39, 0.29) is 0 Å². The van der Waals surface area contributed by atoms with E-state index in [1.54, 1.807) is 19.3 Å². The van der Waals surface area contributed by atoms with Crippen molar-refractivity contribution in [3.63, 3.8) is 0 Å². The summed E-state index contributed by atoms with van der Waals surface area (Å²) in [6, 6.07) is 0. The first kappa shape index (κ1) is 8.32. The molecule has 13 heavy (non-hydrogen) atoms. The van der Waals surface area contributed by atoms with Gasteiger partial charge in [-0.1, -0.05) is 20.8 Å². The number of rotatable bonds is 0. The zero-order valence-corrected chi connectivity index (χ0v) is 9.16. The van der Waals surface area contributed by atoms with Crippen LogP contribution in [0.15, 0.2) is 0 Å². The van der Waals surface area contributed by atoms with Crippen LogP contribution in [0.2, 0.25) is 0 Å². The molecule has 3 saturated carbocycles. The van der Waals surface area contributed by atoms with Gasteiger partial charge >= 0.3 is 0 Å². The van der Waals surface area contributed by atoms with Crippen molar-refractivity contribution in [2.75, 3.05) is 0 Å². The predicted octanol–water partition coefficient (Wildman–Crippen LogP) is 3.57. The van der Waals surface area contributed by atoms with E-state index in [9.17, 15) is 0 Å². The minimum absolute atomic E-state index is 1.04. The van der Waals surface area contributed by atoms with Crippen molar-refractivity contribution in [1.82, 2.24) is 0 Å². The minimum Gasteiger partial charge on any atom is -0.0625 e. The van der Waals surface area contributed by atoms with E-state index < -0.39 is 0 Å². The van der Waals surface area contributed by atoms with Crippen molar-refractivity contribution >= 4 is 0 Å². The van der Waals surface area contributed by atoms with Crippen LogP contribution in [-0.2, 0) is 0 Å². The molecule has 0 heterocycles. The second-order valence-corrected chi connectivity index (χ2v) is 6.19. The van der Waals surface area contributed by atoms with Crippen LogP contribution in [-0.4, -0.2) is 0 Å². The Morgan fingerprint density at radius 2 is 1.08 bits per heavy atom. The Hall–Kier alpha value is 0. The van der Waals surface area contributed by atoms with Gasteiger partial charge in [-0.15, -0.1) is 0 Å². The van der Waals surface area contributed by atoms with E-state index in [0.29, 0.717) is 0 Å². The summed E-state index contributed by atoms with van der Waals surface area (Å²) in [5.41, 5.74) is 0. The maximum absolute atomic E-state index is 2.51. The highest BCUT2D eigenvalue weighted by atomic mass is 14.6. The zero-order valence-electron chi connectivity index (χ0n) is 9.16. The molecule has 0 nitrogen and oxygen atoms in total. The summed E-state index contributed by atoms with van der Waals surface area (Å²) < 4.78 is 0. The first-order valence-corrected chi connectivity index (χ1v) is 6.18. The van der Waals surface area contributed by atoms with Crippen LogP contribution >= 0.6 is 0 Å². The molecule has 74 valence electrons. The third kappa shape index (κ3) is 0.926. The number of hydrogen-bond donors (Lipinski definition) is 0. The van der Waals surface area contributed by atoms with Crippen molar-refractivity contribution < 1.29 is 0 Å². The van der Waals surface area contributed by atoms with Gasteiger partial charge in [-0.25, -0.2) is 0 Å². The van der Waals surface area contributed by atoms with Crippen molar-refractivity contribution in [3.8, 4) is 0 Å². The summed E-state index contributed by atoms with van der Waals surface area (Å²) in [7, 11) is 0. The Balaban J connectivity index is 1.88. The predicted molar refractivity (Wildman–Crippen MR) is 55.3 cm³/mol. The monoisotopic (exact) mass is 178 g/mol. The third-order valence-electron chi connectivity index (χ3n) is 5.72. The second-order valence-electron chi connectivity index (χ2n) is 6.19. The van der Waals surface area contributed by atoms with E-state index in [4.69, 9.17) is 0 Å². The number of fused-ring (bicyclic) bond motifs is 5. The van der Waals surface area contributed by atoms with Crippen LogP contribution < -0.4 is 0 Å². The largest absolute Gasteiger partial charge is 0.0625 e. The Morgan fingerprint density at radius 3 is 1.54 bits per heavy atom. The second kappa shape index (κ2) is 2.52. The van der Waals surface area contributed by atoms with Gasteiger partial charge in [-0.3, -0.25) is 0 Å². The first-order valence-electron chi connectivity index (χ1n) is 6.18. The zero-order chi connectivity index (χ0) is 9.16. The molecule has 0 amide bonds. The maximum atomic E-state index is 2.51. The molecule has 6 atom stereocenters. The van der Waals surface area contributed by atoms with Crippen LogP contribution in [0.3, 0.4) is 0 Å². The fourth-order valence-electron chi connectivity index (χ4n) is 5.01. The van der Waals surface area contributed by atoms with E-state index in [1.807, 2.05) is 0 Å². The Morgan fingerprint density at radius 1 is 0.615 bits per heavy atom. The molecule has 0 saturated heterocycles.